The molecule has 3 unspecified atom stereocenters. The van der Waals surface area contributed by atoms with Gasteiger partial charge in [0.15, 0.2) is 0 Å². The number of halogens is 2. The van der Waals surface area contributed by atoms with E-state index < -0.39 is 6.43 Å². The summed E-state index contributed by atoms with van der Waals surface area (Å²) in [6.45, 7) is 4.12. The summed E-state index contributed by atoms with van der Waals surface area (Å²) >= 11 is 0. The molecule has 3 nitrogen and oxygen atoms in total. The highest BCUT2D eigenvalue weighted by Crippen LogP contribution is 2.34. The number of hydrogen-bond acceptors (Lipinski definition) is 3. The lowest BCUT2D eigenvalue weighted by molar-refractivity contribution is 0.0401. The summed E-state index contributed by atoms with van der Waals surface area (Å²) in [6, 6.07) is 0.679. The number of nitrogens with zero attached hydrogens (tertiary/aromatic N) is 1. The van der Waals surface area contributed by atoms with Crippen molar-refractivity contribution in [3.05, 3.63) is 0 Å². The molecule has 1 aliphatic heterocycles. The molecule has 2 N–H and O–H groups in total. The van der Waals surface area contributed by atoms with E-state index in [1.807, 2.05) is 0 Å². The normalized spacial score (nSPS) is 30.4. The van der Waals surface area contributed by atoms with Crippen LogP contribution in [0.5, 0.6) is 0 Å². The molecule has 0 bridgehead atoms. The van der Waals surface area contributed by atoms with Gasteiger partial charge in [-0.25, -0.2) is 8.78 Å². The van der Waals surface area contributed by atoms with Gasteiger partial charge in [0.25, 0.3) is 6.43 Å². The van der Waals surface area contributed by atoms with E-state index in [-0.39, 0.29) is 19.2 Å². The fraction of sp³-hybridized carbons (Fsp3) is 1.00. The van der Waals surface area contributed by atoms with Crippen molar-refractivity contribution < 1.29 is 13.9 Å². The minimum Gasteiger partial charge on any atom is -0.396 e. The highest BCUT2D eigenvalue weighted by Gasteiger charge is 2.34. The predicted octanol–water partition coefficient (Wildman–Crippen LogP) is 2.10. The molecule has 2 fully saturated rings. The Kier molecular flexibility index (Phi) is 6.18. The number of hydrogen-bond donors (Lipinski definition) is 2. The monoisotopic (exact) mass is 290 g/mol. The van der Waals surface area contributed by atoms with Crippen LogP contribution in [0.2, 0.25) is 0 Å². The van der Waals surface area contributed by atoms with Crippen LogP contribution >= 0.6 is 0 Å². The van der Waals surface area contributed by atoms with Crippen molar-refractivity contribution in [1.82, 2.24) is 10.2 Å². The summed E-state index contributed by atoms with van der Waals surface area (Å²) in [5, 5.41) is 12.2. The number of rotatable bonds is 7. The Morgan fingerprint density at radius 2 is 2.05 bits per heavy atom. The number of likely N-dealkylation sites (tertiary alicyclic amines) is 1. The lowest BCUT2D eigenvalue weighted by Crippen LogP contribution is -2.55. The second kappa shape index (κ2) is 7.66. The van der Waals surface area contributed by atoms with E-state index in [1.165, 1.54) is 19.3 Å². The second-order valence-electron chi connectivity index (χ2n) is 6.50. The third-order valence-electron chi connectivity index (χ3n) is 5.07. The van der Waals surface area contributed by atoms with Crippen molar-refractivity contribution in [3.8, 4) is 0 Å². The van der Waals surface area contributed by atoms with E-state index in [9.17, 15) is 8.78 Å². The Labute approximate surface area is 120 Å². The smallest absolute Gasteiger partial charge is 0.250 e. The molecule has 2 rings (SSSR count). The first-order valence-corrected chi connectivity index (χ1v) is 7.96. The van der Waals surface area contributed by atoms with Gasteiger partial charge < -0.3 is 10.4 Å². The molecule has 0 amide bonds. The number of alkyl halides is 2. The van der Waals surface area contributed by atoms with Gasteiger partial charge in [-0.2, -0.15) is 0 Å². The molecule has 1 heterocycles. The summed E-state index contributed by atoms with van der Waals surface area (Å²) < 4.78 is 24.7. The van der Waals surface area contributed by atoms with Crippen molar-refractivity contribution in [2.45, 2.75) is 57.5 Å². The topological polar surface area (TPSA) is 35.5 Å². The van der Waals surface area contributed by atoms with Crippen LogP contribution in [0.4, 0.5) is 8.78 Å². The number of aliphatic hydroxyl groups is 1. The van der Waals surface area contributed by atoms with Crippen LogP contribution < -0.4 is 5.32 Å². The van der Waals surface area contributed by atoms with Gasteiger partial charge in [-0.15, -0.1) is 0 Å². The van der Waals surface area contributed by atoms with E-state index in [4.69, 9.17) is 5.11 Å². The van der Waals surface area contributed by atoms with E-state index >= 15 is 0 Å². The first-order valence-electron chi connectivity index (χ1n) is 7.96. The molecule has 0 radical (unpaired) electrons. The zero-order valence-corrected chi connectivity index (χ0v) is 12.4. The van der Waals surface area contributed by atoms with Crippen molar-refractivity contribution in [3.63, 3.8) is 0 Å². The maximum Gasteiger partial charge on any atom is 0.250 e. The van der Waals surface area contributed by atoms with Gasteiger partial charge in [0.05, 0.1) is 6.54 Å². The molecule has 1 saturated heterocycles. The van der Waals surface area contributed by atoms with Crippen molar-refractivity contribution in [2.24, 2.45) is 11.8 Å². The molecule has 0 aromatic heterocycles. The molecule has 1 saturated carbocycles. The Morgan fingerprint density at radius 3 is 2.60 bits per heavy atom. The molecule has 0 aromatic carbocycles. The Bertz CT molecular complexity index is 287. The highest BCUT2D eigenvalue weighted by atomic mass is 19.3. The van der Waals surface area contributed by atoms with E-state index in [2.05, 4.69) is 17.1 Å². The zero-order valence-electron chi connectivity index (χ0n) is 12.4. The van der Waals surface area contributed by atoms with Gasteiger partial charge in [-0.05, 0) is 44.4 Å². The van der Waals surface area contributed by atoms with Gasteiger partial charge >= 0.3 is 0 Å². The summed E-state index contributed by atoms with van der Waals surface area (Å²) in [5.41, 5.74) is 0. The minimum absolute atomic E-state index is 0.136. The van der Waals surface area contributed by atoms with Crippen LogP contribution in [0.15, 0.2) is 0 Å². The van der Waals surface area contributed by atoms with E-state index in [1.54, 1.807) is 0 Å². The largest absolute Gasteiger partial charge is 0.396 e. The van der Waals surface area contributed by atoms with Gasteiger partial charge in [-0.3, -0.25) is 4.90 Å². The summed E-state index contributed by atoms with van der Waals surface area (Å²) in [4.78, 5) is 2.46. The zero-order chi connectivity index (χ0) is 14.5. The van der Waals surface area contributed by atoms with Crippen LogP contribution in [0, 0.1) is 11.8 Å². The number of aliphatic hydroxyl groups excluding tert-OH is 1. The minimum atomic E-state index is -2.29. The van der Waals surface area contributed by atoms with Crippen molar-refractivity contribution in [2.75, 3.05) is 26.2 Å². The quantitative estimate of drug-likeness (QED) is 0.754. The number of piperidine rings is 1. The molecule has 0 aromatic rings. The summed E-state index contributed by atoms with van der Waals surface area (Å²) in [7, 11) is 0. The molecular weight excluding hydrogens is 262 g/mol. The summed E-state index contributed by atoms with van der Waals surface area (Å²) in [6.07, 6.45) is 3.33. The molecule has 2 aliphatic rings. The van der Waals surface area contributed by atoms with Crippen LogP contribution in [-0.2, 0) is 0 Å². The fourth-order valence-corrected chi connectivity index (χ4v) is 3.59. The molecule has 1 aliphatic carbocycles. The second-order valence-corrected chi connectivity index (χ2v) is 6.50. The maximum absolute atomic E-state index is 12.4. The molecule has 0 spiro atoms. The summed E-state index contributed by atoms with van der Waals surface area (Å²) in [5.74, 6) is 1.20. The highest BCUT2D eigenvalue weighted by molar-refractivity contribution is 4.89. The van der Waals surface area contributed by atoms with Crippen LogP contribution in [0.1, 0.15) is 39.0 Å². The van der Waals surface area contributed by atoms with Gasteiger partial charge in [0.1, 0.15) is 0 Å². The van der Waals surface area contributed by atoms with Gasteiger partial charge in [0.2, 0.25) is 0 Å². The number of nitrogens with one attached hydrogen (secondary N) is 1. The van der Waals surface area contributed by atoms with E-state index in [0.29, 0.717) is 12.0 Å². The van der Waals surface area contributed by atoms with Gasteiger partial charge in [-0.1, -0.05) is 6.42 Å². The predicted molar refractivity (Wildman–Crippen MR) is 76.0 cm³/mol. The third-order valence-corrected chi connectivity index (χ3v) is 5.07. The van der Waals surface area contributed by atoms with Crippen molar-refractivity contribution in [1.29, 1.82) is 0 Å². The molecule has 118 valence electrons. The molecule has 3 atom stereocenters. The lowest BCUT2D eigenvalue weighted by Gasteiger charge is -2.45. The average molecular weight is 290 g/mol. The fourth-order valence-electron chi connectivity index (χ4n) is 3.59. The van der Waals surface area contributed by atoms with Crippen LogP contribution in [-0.4, -0.2) is 54.8 Å². The van der Waals surface area contributed by atoms with Gasteiger partial charge in [0, 0.05) is 31.8 Å². The molecule has 5 heteroatoms. The van der Waals surface area contributed by atoms with Crippen LogP contribution in [0.3, 0.4) is 0 Å². The standard InChI is InChI=1S/C15H28F2N2O/c1-11(13-3-2-4-13)19-9-12(5-6-20)7-14(10-19)18-8-15(16)17/h11-15,18,20H,2-10H2,1H3. The van der Waals surface area contributed by atoms with Crippen LogP contribution in [0.25, 0.3) is 0 Å². The average Bonchev–Trinajstić information content (AvgIpc) is 2.34. The first kappa shape index (κ1) is 16.1. The Hall–Kier alpha value is -0.260. The SMILES string of the molecule is CC(C1CCC1)N1CC(CCO)CC(NCC(F)F)C1. The van der Waals surface area contributed by atoms with Crippen molar-refractivity contribution >= 4 is 0 Å². The maximum atomic E-state index is 12.4. The third kappa shape index (κ3) is 4.37. The van der Waals surface area contributed by atoms with E-state index in [0.717, 1.165) is 31.8 Å². The Morgan fingerprint density at radius 1 is 1.30 bits per heavy atom. The lowest BCUT2D eigenvalue weighted by atomic mass is 9.78. The molecular formula is C15H28F2N2O. The first-order chi connectivity index (χ1) is 9.60. The molecule has 20 heavy (non-hydrogen) atoms. The Balaban J connectivity index is 1.88.